The van der Waals surface area contributed by atoms with E-state index in [1.54, 1.807) is 4.68 Å². The molecule has 0 aliphatic carbocycles. The summed E-state index contributed by atoms with van der Waals surface area (Å²) in [5, 5.41) is 15.3. The number of tetrazole rings is 1. The van der Waals surface area contributed by atoms with Gasteiger partial charge in [0.15, 0.2) is 5.82 Å². The first-order chi connectivity index (χ1) is 12.3. The molecule has 0 radical (unpaired) electrons. The van der Waals surface area contributed by atoms with Crippen LogP contribution in [0.3, 0.4) is 0 Å². The number of amides is 1. The number of hydrogen-bond donors (Lipinski definition) is 1. The third-order valence-electron chi connectivity index (χ3n) is 5.34. The number of aryl methyl sites for hydroxylation is 1. The van der Waals surface area contributed by atoms with Crippen LogP contribution in [0.15, 0.2) is 30.3 Å². The molecule has 2 aliphatic heterocycles. The van der Waals surface area contributed by atoms with Crippen LogP contribution in [0.2, 0.25) is 0 Å². The summed E-state index contributed by atoms with van der Waals surface area (Å²) in [5.41, 5.74) is 0.765. The number of nitrogens with zero attached hydrogens (tertiary/aromatic N) is 4. The van der Waals surface area contributed by atoms with Gasteiger partial charge in [0.25, 0.3) is 0 Å². The van der Waals surface area contributed by atoms with Crippen LogP contribution in [0.25, 0.3) is 0 Å². The first kappa shape index (κ1) is 16.2. The highest BCUT2D eigenvalue weighted by Crippen LogP contribution is 2.34. The van der Waals surface area contributed by atoms with Gasteiger partial charge in [-0.05, 0) is 41.7 Å². The molecule has 0 spiro atoms. The fourth-order valence-electron chi connectivity index (χ4n) is 3.89. The molecule has 1 atom stereocenters. The van der Waals surface area contributed by atoms with E-state index in [0.717, 1.165) is 44.2 Å². The average Bonchev–Trinajstić information content (AvgIpc) is 3.02. The molecule has 7 nitrogen and oxygen atoms in total. The Kier molecular flexibility index (Phi) is 4.48. The molecule has 132 valence electrons. The van der Waals surface area contributed by atoms with Crippen molar-refractivity contribution >= 4 is 5.91 Å². The zero-order chi connectivity index (χ0) is 17.1. The van der Waals surface area contributed by atoms with Gasteiger partial charge in [-0.25, -0.2) is 4.68 Å². The molecule has 1 fully saturated rings. The Balaban J connectivity index is 1.61. The van der Waals surface area contributed by atoms with Gasteiger partial charge in [0.2, 0.25) is 5.91 Å². The summed E-state index contributed by atoms with van der Waals surface area (Å²) in [5.74, 6) is 0.412. The van der Waals surface area contributed by atoms with Crippen LogP contribution in [0.4, 0.5) is 0 Å². The second-order valence-electron chi connectivity index (χ2n) is 6.86. The second-order valence-corrected chi connectivity index (χ2v) is 6.86. The zero-order valence-corrected chi connectivity index (χ0v) is 14.2. The number of hydrogen-bond acceptors (Lipinski definition) is 5. The SMILES string of the molecule is O=C(NC1(c2ccccc2)CCOCC1)[C@H]1CCCCn2nnnc21. The minimum absolute atomic E-state index is 0.0173. The van der Waals surface area contributed by atoms with E-state index in [4.69, 9.17) is 4.74 Å². The van der Waals surface area contributed by atoms with Gasteiger partial charge >= 0.3 is 0 Å². The lowest BCUT2D eigenvalue weighted by Crippen LogP contribution is -2.51. The lowest BCUT2D eigenvalue weighted by atomic mass is 9.82. The largest absolute Gasteiger partial charge is 0.381 e. The van der Waals surface area contributed by atoms with Crippen molar-refractivity contribution in [2.24, 2.45) is 0 Å². The van der Waals surface area contributed by atoms with Crippen LogP contribution in [0, 0.1) is 0 Å². The smallest absolute Gasteiger partial charge is 0.231 e. The van der Waals surface area contributed by atoms with Gasteiger partial charge in [-0.15, -0.1) is 5.10 Å². The predicted molar refractivity (Wildman–Crippen MR) is 90.7 cm³/mol. The number of carbonyl (C=O) groups excluding carboxylic acids is 1. The molecule has 25 heavy (non-hydrogen) atoms. The maximum Gasteiger partial charge on any atom is 0.231 e. The first-order valence-electron chi connectivity index (χ1n) is 9.00. The number of fused-ring (bicyclic) bond motifs is 1. The van der Waals surface area contributed by atoms with Gasteiger partial charge in [-0.3, -0.25) is 4.79 Å². The van der Waals surface area contributed by atoms with Gasteiger partial charge in [-0.1, -0.05) is 36.8 Å². The number of aromatic nitrogens is 4. The van der Waals surface area contributed by atoms with Gasteiger partial charge in [0.1, 0.15) is 0 Å². The zero-order valence-electron chi connectivity index (χ0n) is 14.2. The van der Waals surface area contributed by atoms with Gasteiger partial charge < -0.3 is 10.1 Å². The summed E-state index contributed by atoms with van der Waals surface area (Å²) in [6, 6.07) is 10.2. The molecule has 4 rings (SSSR count). The van der Waals surface area contributed by atoms with Crippen molar-refractivity contribution in [3.63, 3.8) is 0 Å². The minimum atomic E-state index is -0.374. The molecule has 1 saturated heterocycles. The molecule has 7 heteroatoms. The molecule has 1 N–H and O–H groups in total. The molecule has 1 aromatic carbocycles. The Morgan fingerprint density at radius 1 is 1.20 bits per heavy atom. The van der Waals surface area contributed by atoms with Gasteiger partial charge in [-0.2, -0.15) is 0 Å². The third-order valence-corrected chi connectivity index (χ3v) is 5.34. The minimum Gasteiger partial charge on any atom is -0.381 e. The van der Waals surface area contributed by atoms with Crippen molar-refractivity contribution < 1.29 is 9.53 Å². The molecule has 1 aromatic heterocycles. The Hall–Kier alpha value is -2.28. The summed E-state index contributed by atoms with van der Waals surface area (Å²) in [7, 11) is 0. The van der Waals surface area contributed by atoms with Gasteiger partial charge in [0.05, 0.1) is 11.5 Å². The molecule has 0 saturated carbocycles. The molecule has 3 heterocycles. The Morgan fingerprint density at radius 2 is 2.00 bits per heavy atom. The molecular weight excluding hydrogens is 318 g/mol. The highest BCUT2D eigenvalue weighted by molar-refractivity contribution is 5.83. The Morgan fingerprint density at radius 3 is 2.80 bits per heavy atom. The van der Waals surface area contributed by atoms with Crippen LogP contribution < -0.4 is 5.32 Å². The van der Waals surface area contributed by atoms with Crippen molar-refractivity contribution in [1.82, 2.24) is 25.5 Å². The van der Waals surface area contributed by atoms with Crippen LogP contribution in [-0.2, 0) is 21.6 Å². The Labute approximate surface area is 146 Å². The highest BCUT2D eigenvalue weighted by atomic mass is 16.5. The highest BCUT2D eigenvalue weighted by Gasteiger charge is 2.39. The molecule has 2 aliphatic rings. The summed E-state index contributed by atoms with van der Waals surface area (Å²) >= 11 is 0. The molecule has 2 aromatic rings. The third kappa shape index (κ3) is 3.16. The van der Waals surface area contributed by atoms with E-state index in [9.17, 15) is 4.79 Å². The predicted octanol–water partition coefficient (Wildman–Crippen LogP) is 1.76. The molecule has 0 unspecified atom stereocenters. The standard InChI is InChI=1S/C18H23N5O2/c24-17(15-8-4-5-11-23-16(15)20-21-22-23)19-18(9-12-25-13-10-18)14-6-2-1-3-7-14/h1-3,6-7,15H,4-5,8-13H2,(H,19,24)/t15-/m0/s1. The molecular formula is C18H23N5O2. The summed E-state index contributed by atoms with van der Waals surface area (Å²) < 4.78 is 7.32. The van der Waals surface area contributed by atoms with E-state index in [2.05, 4.69) is 33.0 Å². The second kappa shape index (κ2) is 6.92. The Bertz CT molecular complexity index is 724. The summed E-state index contributed by atoms with van der Waals surface area (Å²) in [4.78, 5) is 13.2. The number of ether oxygens (including phenoxy) is 1. The van der Waals surface area contributed by atoms with Crippen LogP contribution in [0.1, 0.15) is 49.4 Å². The summed E-state index contributed by atoms with van der Waals surface area (Å²) in [6.07, 6.45) is 4.33. The van der Waals surface area contributed by atoms with E-state index in [1.165, 1.54) is 0 Å². The lowest BCUT2D eigenvalue weighted by molar-refractivity contribution is -0.126. The quantitative estimate of drug-likeness (QED) is 0.920. The molecule has 1 amide bonds. The van der Waals surface area contributed by atoms with Crippen molar-refractivity contribution in [1.29, 1.82) is 0 Å². The maximum absolute atomic E-state index is 13.2. The number of nitrogens with one attached hydrogen (secondary N) is 1. The van der Waals surface area contributed by atoms with Crippen molar-refractivity contribution in [3.05, 3.63) is 41.7 Å². The van der Waals surface area contributed by atoms with E-state index in [-0.39, 0.29) is 17.4 Å². The topological polar surface area (TPSA) is 81.9 Å². The fourth-order valence-corrected chi connectivity index (χ4v) is 3.89. The normalized spacial score (nSPS) is 22.6. The maximum atomic E-state index is 13.2. The fraction of sp³-hybridized carbons (Fsp3) is 0.556. The van der Waals surface area contributed by atoms with Crippen LogP contribution >= 0.6 is 0 Å². The van der Waals surface area contributed by atoms with E-state index in [1.807, 2.05) is 18.2 Å². The van der Waals surface area contributed by atoms with Crippen LogP contribution in [-0.4, -0.2) is 39.3 Å². The van der Waals surface area contributed by atoms with E-state index < -0.39 is 0 Å². The summed E-state index contributed by atoms with van der Waals surface area (Å²) in [6.45, 7) is 2.08. The van der Waals surface area contributed by atoms with Crippen LogP contribution in [0.5, 0.6) is 0 Å². The lowest BCUT2D eigenvalue weighted by Gasteiger charge is -2.39. The van der Waals surface area contributed by atoms with Gasteiger partial charge in [0, 0.05) is 19.8 Å². The average molecular weight is 341 g/mol. The van der Waals surface area contributed by atoms with E-state index in [0.29, 0.717) is 19.0 Å². The van der Waals surface area contributed by atoms with E-state index >= 15 is 0 Å². The number of benzene rings is 1. The van der Waals surface area contributed by atoms with Crippen molar-refractivity contribution in [2.45, 2.75) is 50.1 Å². The van der Waals surface area contributed by atoms with Crippen molar-refractivity contribution in [2.75, 3.05) is 13.2 Å². The molecule has 0 bridgehead atoms. The van der Waals surface area contributed by atoms with Crippen molar-refractivity contribution in [3.8, 4) is 0 Å². The monoisotopic (exact) mass is 341 g/mol. The first-order valence-corrected chi connectivity index (χ1v) is 9.00. The number of rotatable bonds is 3. The number of carbonyl (C=O) groups is 1.